The zero-order valence-corrected chi connectivity index (χ0v) is 15.0. The lowest BCUT2D eigenvalue weighted by Crippen LogP contribution is -2.49. The first-order chi connectivity index (χ1) is 12.7. The SMILES string of the molecule is CC(C)CC(=O)N1CCN(c2ccc(-c3noc(C(F)(F)F)n3)cn2)CC1. The van der Waals surface area contributed by atoms with Crippen LogP contribution >= 0.6 is 0 Å². The third-order valence-electron chi connectivity index (χ3n) is 4.21. The fourth-order valence-corrected chi connectivity index (χ4v) is 2.82. The molecular formula is C17H20F3N5O2. The molecule has 0 radical (unpaired) electrons. The molecule has 10 heteroatoms. The Morgan fingerprint density at radius 2 is 1.93 bits per heavy atom. The van der Waals surface area contributed by atoms with Crippen LogP contribution in [0.25, 0.3) is 11.4 Å². The minimum absolute atomic E-state index is 0.158. The molecule has 2 aromatic rings. The molecule has 0 atom stereocenters. The van der Waals surface area contributed by atoms with Crippen molar-refractivity contribution >= 4 is 11.7 Å². The van der Waals surface area contributed by atoms with E-state index < -0.39 is 12.1 Å². The summed E-state index contributed by atoms with van der Waals surface area (Å²) in [6.45, 7) is 6.57. The van der Waals surface area contributed by atoms with Crippen LogP contribution in [-0.4, -0.2) is 52.1 Å². The summed E-state index contributed by atoms with van der Waals surface area (Å²) in [7, 11) is 0. The van der Waals surface area contributed by atoms with Gasteiger partial charge < -0.3 is 14.3 Å². The minimum Gasteiger partial charge on any atom is -0.353 e. The summed E-state index contributed by atoms with van der Waals surface area (Å²) >= 11 is 0. The molecule has 0 saturated carbocycles. The second-order valence-corrected chi connectivity index (χ2v) is 6.79. The molecule has 0 bridgehead atoms. The van der Waals surface area contributed by atoms with Crippen molar-refractivity contribution in [2.45, 2.75) is 26.4 Å². The summed E-state index contributed by atoms with van der Waals surface area (Å²) in [5, 5.41) is 3.34. The van der Waals surface area contributed by atoms with Gasteiger partial charge in [0.1, 0.15) is 5.82 Å². The predicted octanol–water partition coefficient (Wildman–Crippen LogP) is 2.85. The summed E-state index contributed by atoms with van der Waals surface area (Å²) in [4.78, 5) is 23.6. The lowest BCUT2D eigenvalue weighted by Gasteiger charge is -2.35. The Morgan fingerprint density at radius 1 is 1.22 bits per heavy atom. The smallest absolute Gasteiger partial charge is 0.353 e. The van der Waals surface area contributed by atoms with Gasteiger partial charge in [0.05, 0.1) is 0 Å². The van der Waals surface area contributed by atoms with Gasteiger partial charge in [0.25, 0.3) is 0 Å². The number of aromatic nitrogens is 3. The van der Waals surface area contributed by atoms with Crippen molar-refractivity contribution in [1.29, 1.82) is 0 Å². The van der Waals surface area contributed by atoms with E-state index in [1.807, 2.05) is 23.6 Å². The molecule has 1 fully saturated rings. The summed E-state index contributed by atoms with van der Waals surface area (Å²) in [6, 6.07) is 3.30. The minimum atomic E-state index is -4.68. The molecule has 3 heterocycles. The number of pyridine rings is 1. The number of rotatable bonds is 4. The number of hydrogen-bond donors (Lipinski definition) is 0. The summed E-state index contributed by atoms with van der Waals surface area (Å²) in [6.07, 6.45) is -2.72. The first kappa shape index (κ1) is 19.1. The predicted molar refractivity (Wildman–Crippen MR) is 90.8 cm³/mol. The Balaban J connectivity index is 1.62. The Hall–Kier alpha value is -2.65. The third-order valence-corrected chi connectivity index (χ3v) is 4.21. The normalized spacial score (nSPS) is 15.5. The first-order valence-corrected chi connectivity index (χ1v) is 8.64. The van der Waals surface area contributed by atoms with Crippen molar-refractivity contribution in [3.63, 3.8) is 0 Å². The second kappa shape index (κ2) is 7.53. The van der Waals surface area contributed by atoms with E-state index in [-0.39, 0.29) is 11.7 Å². The number of nitrogens with zero attached hydrogens (tertiary/aromatic N) is 5. The summed E-state index contributed by atoms with van der Waals surface area (Å²) in [5.41, 5.74) is 0.337. The highest BCUT2D eigenvalue weighted by Gasteiger charge is 2.38. The van der Waals surface area contributed by atoms with Gasteiger partial charge in [-0.15, -0.1) is 0 Å². The lowest BCUT2D eigenvalue weighted by molar-refractivity contribution is -0.159. The lowest BCUT2D eigenvalue weighted by atomic mass is 10.1. The van der Waals surface area contributed by atoms with Crippen LogP contribution in [0.15, 0.2) is 22.9 Å². The van der Waals surface area contributed by atoms with Gasteiger partial charge in [-0.05, 0) is 18.1 Å². The maximum atomic E-state index is 12.5. The van der Waals surface area contributed by atoms with Crippen molar-refractivity contribution in [3.8, 4) is 11.4 Å². The van der Waals surface area contributed by atoms with E-state index >= 15 is 0 Å². The van der Waals surface area contributed by atoms with Gasteiger partial charge in [-0.3, -0.25) is 4.79 Å². The van der Waals surface area contributed by atoms with Crippen LogP contribution in [0.1, 0.15) is 26.2 Å². The van der Waals surface area contributed by atoms with Gasteiger partial charge in [-0.2, -0.15) is 18.2 Å². The van der Waals surface area contributed by atoms with Crippen LogP contribution < -0.4 is 4.90 Å². The maximum absolute atomic E-state index is 12.5. The Labute approximate surface area is 154 Å². The fourth-order valence-electron chi connectivity index (χ4n) is 2.82. The number of carbonyl (C=O) groups is 1. The molecule has 146 valence electrons. The molecule has 1 amide bonds. The molecule has 1 saturated heterocycles. The van der Waals surface area contributed by atoms with E-state index in [1.165, 1.54) is 6.20 Å². The average molecular weight is 383 g/mol. The van der Waals surface area contributed by atoms with E-state index in [9.17, 15) is 18.0 Å². The summed E-state index contributed by atoms with van der Waals surface area (Å²) < 4.78 is 41.8. The van der Waals surface area contributed by atoms with E-state index in [1.54, 1.807) is 12.1 Å². The Bertz CT molecular complexity index is 781. The molecule has 0 unspecified atom stereocenters. The number of alkyl halides is 3. The zero-order valence-electron chi connectivity index (χ0n) is 15.0. The van der Waals surface area contributed by atoms with Gasteiger partial charge in [-0.25, -0.2) is 4.98 Å². The quantitative estimate of drug-likeness (QED) is 0.808. The van der Waals surface area contributed by atoms with Crippen molar-refractivity contribution < 1.29 is 22.5 Å². The van der Waals surface area contributed by atoms with E-state index in [2.05, 4.69) is 19.6 Å². The molecular weight excluding hydrogens is 363 g/mol. The number of hydrogen-bond acceptors (Lipinski definition) is 6. The fraction of sp³-hybridized carbons (Fsp3) is 0.529. The van der Waals surface area contributed by atoms with Crippen LogP contribution in [0, 0.1) is 5.92 Å². The standard InChI is InChI=1S/C17H20F3N5O2/c1-11(2)9-14(26)25-7-5-24(6-8-25)13-4-3-12(10-21-13)15-22-16(27-23-15)17(18,19)20/h3-4,10-11H,5-9H2,1-2H3. The molecule has 0 N–H and O–H groups in total. The van der Waals surface area contributed by atoms with Gasteiger partial charge in [0.15, 0.2) is 0 Å². The van der Waals surface area contributed by atoms with Crippen LogP contribution in [0.2, 0.25) is 0 Å². The molecule has 0 aliphatic carbocycles. The maximum Gasteiger partial charge on any atom is 0.471 e. The average Bonchev–Trinajstić information content (AvgIpc) is 3.12. The summed E-state index contributed by atoms with van der Waals surface area (Å²) in [5.74, 6) is -0.373. The number of carbonyl (C=O) groups excluding carboxylic acids is 1. The number of piperazine rings is 1. The van der Waals surface area contributed by atoms with E-state index in [0.717, 1.165) is 0 Å². The molecule has 1 aliphatic rings. The molecule has 3 rings (SSSR count). The van der Waals surface area contributed by atoms with Gasteiger partial charge in [0.2, 0.25) is 11.7 Å². The van der Waals surface area contributed by atoms with Crippen molar-refractivity contribution in [2.75, 3.05) is 31.1 Å². The molecule has 1 aliphatic heterocycles. The number of anilines is 1. The number of halogens is 3. The first-order valence-electron chi connectivity index (χ1n) is 8.64. The Morgan fingerprint density at radius 3 is 2.44 bits per heavy atom. The molecule has 0 spiro atoms. The van der Waals surface area contributed by atoms with E-state index in [4.69, 9.17) is 0 Å². The van der Waals surface area contributed by atoms with Gasteiger partial charge >= 0.3 is 12.1 Å². The van der Waals surface area contributed by atoms with Gasteiger partial charge in [-0.1, -0.05) is 19.0 Å². The van der Waals surface area contributed by atoms with Crippen LogP contribution in [0.5, 0.6) is 0 Å². The topological polar surface area (TPSA) is 75.4 Å². The highest BCUT2D eigenvalue weighted by molar-refractivity contribution is 5.76. The van der Waals surface area contributed by atoms with Crippen molar-refractivity contribution in [3.05, 3.63) is 24.2 Å². The zero-order chi connectivity index (χ0) is 19.6. The number of amides is 1. The van der Waals surface area contributed by atoms with Crippen LogP contribution in [0.4, 0.5) is 19.0 Å². The largest absolute Gasteiger partial charge is 0.471 e. The Kier molecular flexibility index (Phi) is 5.33. The highest BCUT2D eigenvalue weighted by Crippen LogP contribution is 2.29. The molecule has 2 aromatic heterocycles. The van der Waals surface area contributed by atoms with E-state index in [0.29, 0.717) is 49.9 Å². The van der Waals surface area contributed by atoms with Crippen LogP contribution in [0.3, 0.4) is 0 Å². The van der Waals surface area contributed by atoms with Crippen molar-refractivity contribution in [1.82, 2.24) is 20.0 Å². The molecule has 27 heavy (non-hydrogen) atoms. The monoisotopic (exact) mass is 383 g/mol. The molecule has 0 aromatic carbocycles. The second-order valence-electron chi connectivity index (χ2n) is 6.79. The highest BCUT2D eigenvalue weighted by atomic mass is 19.4. The van der Waals surface area contributed by atoms with Gasteiger partial charge in [0, 0.05) is 44.4 Å². The third kappa shape index (κ3) is 4.55. The van der Waals surface area contributed by atoms with Crippen LogP contribution in [-0.2, 0) is 11.0 Å². The van der Waals surface area contributed by atoms with Crippen molar-refractivity contribution in [2.24, 2.45) is 5.92 Å². The molecule has 7 nitrogen and oxygen atoms in total.